The summed E-state index contributed by atoms with van der Waals surface area (Å²) in [5, 5.41) is 5.03. The molecule has 0 radical (unpaired) electrons. The molecule has 1 atom stereocenters. The predicted molar refractivity (Wildman–Crippen MR) is 80.9 cm³/mol. The fourth-order valence-corrected chi connectivity index (χ4v) is 3.33. The van der Waals surface area contributed by atoms with Crippen LogP contribution in [0.15, 0.2) is 33.7 Å². The van der Waals surface area contributed by atoms with Gasteiger partial charge in [-0.05, 0) is 45.0 Å². The summed E-state index contributed by atoms with van der Waals surface area (Å²) in [6.07, 6.45) is 0. The summed E-state index contributed by atoms with van der Waals surface area (Å²) in [5.74, 6) is -0.620. The number of hydrogen-bond acceptors (Lipinski definition) is 5. The van der Waals surface area contributed by atoms with E-state index in [0.29, 0.717) is 17.0 Å². The average molecular weight is 340 g/mol. The van der Waals surface area contributed by atoms with Gasteiger partial charge in [-0.1, -0.05) is 5.16 Å². The maximum atomic E-state index is 12.9. The summed E-state index contributed by atoms with van der Waals surface area (Å²) in [6.45, 7) is 4.86. The van der Waals surface area contributed by atoms with Gasteiger partial charge in [0.25, 0.3) is 0 Å². The van der Waals surface area contributed by atoms with Gasteiger partial charge >= 0.3 is 0 Å². The van der Waals surface area contributed by atoms with Crippen LogP contribution in [0.4, 0.5) is 4.39 Å². The van der Waals surface area contributed by atoms with Gasteiger partial charge in [-0.15, -0.1) is 0 Å². The number of sulfone groups is 1. The van der Waals surface area contributed by atoms with Crippen molar-refractivity contribution in [2.45, 2.75) is 37.5 Å². The lowest BCUT2D eigenvalue weighted by Crippen LogP contribution is -2.37. The first-order valence-corrected chi connectivity index (χ1v) is 8.47. The van der Waals surface area contributed by atoms with Crippen molar-refractivity contribution in [2.75, 3.05) is 0 Å². The van der Waals surface area contributed by atoms with Gasteiger partial charge in [-0.25, -0.2) is 12.8 Å². The molecule has 1 unspecified atom stereocenters. The van der Waals surface area contributed by atoms with Crippen molar-refractivity contribution < 1.29 is 22.1 Å². The molecule has 1 N–H and O–H groups in total. The standard InChI is InChI=1S/C15H17FN2O4S/c1-9-14(10(2)22-18-9)8-17-15(19)11(3)23(20,21)13-6-4-12(16)5-7-13/h4-7,11H,8H2,1-3H3,(H,17,19). The third-order valence-electron chi connectivity index (χ3n) is 3.60. The molecule has 0 fully saturated rings. The third-order valence-corrected chi connectivity index (χ3v) is 5.67. The molecule has 0 spiro atoms. The van der Waals surface area contributed by atoms with E-state index in [-0.39, 0.29) is 11.4 Å². The van der Waals surface area contributed by atoms with Crippen LogP contribution >= 0.6 is 0 Å². The Bertz CT molecular complexity index is 793. The van der Waals surface area contributed by atoms with Crippen molar-refractivity contribution >= 4 is 15.7 Å². The SMILES string of the molecule is Cc1noc(C)c1CNC(=O)C(C)S(=O)(=O)c1ccc(F)cc1. The molecule has 0 aliphatic heterocycles. The van der Waals surface area contributed by atoms with Crippen LogP contribution in [0.3, 0.4) is 0 Å². The van der Waals surface area contributed by atoms with Gasteiger partial charge in [0.1, 0.15) is 16.8 Å². The maximum absolute atomic E-state index is 12.9. The van der Waals surface area contributed by atoms with Crippen molar-refractivity contribution in [3.63, 3.8) is 0 Å². The minimum Gasteiger partial charge on any atom is -0.361 e. The molecule has 1 aromatic heterocycles. The van der Waals surface area contributed by atoms with Gasteiger partial charge in [-0.3, -0.25) is 4.79 Å². The molecule has 2 rings (SSSR count). The number of nitrogens with zero attached hydrogens (tertiary/aromatic N) is 1. The van der Waals surface area contributed by atoms with Crippen molar-refractivity contribution in [3.05, 3.63) is 47.1 Å². The Balaban J connectivity index is 2.11. The first kappa shape index (κ1) is 17.1. The number of carbonyl (C=O) groups excluding carboxylic acids is 1. The number of hydrogen-bond donors (Lipinski definition) is 1. The highest BCUT2D eigenvalue weighted by molar-refractivity contribution is 7.92. The van der Waals surface area contributed by atoms with Crippen LogP contribution in [0.5, 0.6) is 0 Å². The van der Waals surface area contributed by atoms with E-state index in [4.69, 9.17) is 4.52 Å². The first-order chi connectivity index (χ1) is 10.7. The molecular formula is C15H17FN2O4S. The van der Waals surface area contributed by atoms with Crippen LogP contribution in [0, 0.1) is 19.7 Å². The number of halogens is 1. The van der Waals surface area contributed by atoms with E-state index in [9.17, 15) is 17.6 Å². The topological polar surface area (TPSA) is 89.3 Å². The lowest BCUT2D eigenvalue weighted by molar-refractivity contribution is -0.120. The predicted octanol–water partition coefficient (Wildman–Crippen LogP) is 1.91. The number of rotatable bonds is 5. The van der Waals surface area contributed by atoms with Crippen molar-refractivity contribution in [3.8, 4) is 0 Å². The van der Waals surface area contributed by atoms with E-state index in [1.54, 1.807) is 13.8 Å². The summed E-state index contributed by atoms with van der Waals surface area (Å²) in [7, 11) is -3.88. The minimum atomic E-state index is -3.88. The summed E-state index contributed by atoms with van der Waals surface area (Å²) < 4.78 is 42.6. The number of nitrogens with one attached hydrogen (secondary N) is 1. The number of benzene rings is 1. The molecule has 0 aliphatic rings. The van der Waals surface area contributed by atoms with Gasteiger partial charge in [0.15, 0.2) is 9.84 Å². The van der Waals surface area contributed by atoms with Crippen molar-refractivity contribution in [2.24, 2.45) is 0 Å². The molecular weight excluding hydrogens is 323 g/mol. The van der Waals surface area contributed by atoms with E-state index in [0.717, 1.165) is 24.3 Å². The van der Waals surface area contributed by atoms with E-state index >= 15 is 0 Å². The van der Waals surface area contributed by atoms with Gasteiger partial charge in [0.2, 0.25) is 5.91 Å². The Morgan fingerprint density at radius 3 is 2.43 bits per heavy atom. The zero-order valence-electron chi connectivity index (χ0n) is 13.0. The van der Waals surface area contributed by atoms with Crippen LogP contribution in [0.1, 0.15) is 23.9 Å². The van der Waals surface area contributed by atoms with E-state index < -0.39 is 26.8 Å². The van der Waals surface area contributed by atoms with Gasteiger partial charge in [0, 0.05) is 12.1 Å². The third kappa shape index (κ3) is 3.58. The Kier molecular flexibility index (Phi) is 4.84. The minimum absolute atomic E-state index is 0.0983. The average Bonchev–Trinajstić information content (AvgIpc) is 2.83. The second-order valence-electron chi connectivity index (χ2n) is 5.16. The van der Waals surface area contributed by atoms with Gasteiger partial charge in [0.05, 0.1) is 10.6 Å². The van der Waals surface area contributed by atoms with Crippen molar-refractivity contribution in [1.82, 2.24) is 10.5 Å². The first-order valence-electron chi connectivity index (χ1n) is 6.92. The second-order valence-corrected chi connectivity index (χ2v) is 7.43. The van der Waals surface area contributed by atoms with Crippen LogP contribution in [0.25, 0.3) is 0 Å². The van der Waals surface area contributed by atoms with E-state index in [2.05, 4.69) is 10.5 Å². The number of aromatic nitrogens is 1. The lowest BCUT2D eigenvalue weighted by atomic mass is 10.2. The molecule has 0 saturated carbocycles. The molecule has 1 heterocycles. The normalized spacial score (nSPS) is 12.9. The molecule has 1 aromatic carbocycles. The largest absolute Gasteiger partial charge is 0.361 e. The quantitative estimate of drug-likeness (QED) is 0.840. The van der Waals surface area contributed by atoms with Gasteiger partial charge in [-0.2, -0.15) is 0 Å². The van der Waals surface area contributed by atoms with Crippen LogP contribution in [0.2, 0.25) is 0 Å². The molecule has 2 aromatic rings. The summed E-state index contributed by atoms with van der Waals surface area (Å²) in [6, 6.07) is 4.37. The van der Waals surface area contributed by atoms with E-state index in [1.807, 2.05) is 0 Å². The highest BCUT2D eigenvalue weighted by Crippen LogP contribution is 2.17. The zero-order chi connectivity index (χ0) is 17.2. The monoisotopic (exact) mass is 340 g/mol. The zero-order valence-corrected chi connectivity index (χ0v) is 13.8. The Hall–Kier alpha value is -2.22. The Morgan fingerprint density at radius 2 is 1.91 bits per heavy atom. The fraction of sp³-hybridized carbons (Fsp3) is 0.333. The smallest absolute Gasteiger partial charge is 0.238 e. The summed E-state index contributed by atoms with van der Waals surface area (Å²) in [5.41, 5.74) is 1.35. The molecule has 23 heavy (non-hydrogen) atoms. The van der Waals surface area contributed by atoms with E-state index in [1.165, 1.54) is 6.92 Å². The molecule has 8 heteroatoms. The van der Waals surface area contributed by atoms with Crippen LogP contribution < -0.4 is 5.32 Å². The fourth-order valence-electron chi connectivity index (χ4n) is 2.04. The Labute approximate surface area is 133 Å². The Morgan fingerprint density at radius 1 is 1.30 bits per heavy atom. The van der Waals surface area contributed by atoms with Crippen molar-refractivity contribution in [1.29, 1.82) is 0 Å². The number of aryl methyl sites for hydroxylation is 2. The number of amides is 1. The maximum Gasteiger partial charge on any atom is 0.238 e. The van der Waals surface area contributed by atoms with Crippen LogP contribution in [-0.4, -0.2) is 24.7 Å². The summed E-state index contributed by atoms with van der Waals surface area (Å²) in [4.78, 5) is 12.0. The highest BCUT2D eigenvalue weighted by atomic mass is 32.2. The molecule has 0 aliphatic carbocycles. The summed E-state index contributed by atoms with van der Waals surface area (Å²) >= 11 is 0. The molecule has 124 valence electrons. The number of carbonyl (C=O) groups is 1. The van der Waals surface area contributed by atoms with Crippen LogP contribution in [-0.2, 0) is 21.2 Å². The molecule has 6 nitrogen and oxygen atoms in total. The molecule has 0 saturated heterocycles. The molecule has 0 bridgehead atoms. The molecule has 1 amide bonds. The highest BCUT2D eigenvalue weighted by Gasteiger charge is 2.29. The second kappa shape index (κ2) is 6.49. The van der Waals surface area contributed by atoms with Gasteiger partial charge < -0.3 is 9.84 Å². The lowest BCUT2D eigenvalue weighted by Gasteiger charge is -2.13.